The number of amides is 1. The highest BCUT2D eigenvalue weighted by molar-refractivity contribution is 5.96. The lowest BCUT2D eigenvalue weighted by Gasteiger charge is -2.33. The van der Waals surface area contributed by atoms with Crippen LogP contribution in [-0.2, 0) is 4.74 Å². The second-order valence-electron chi connectivity index (χ2n) is 7.03. The highest BCUT2D eigenvalue weighted by atomic mass is 16.5. The number of rotatable bonds is 3. The molecule has 0 bridgehead atoms. The van der Waals surface area contributed by atoms with Crippen molar-refractivity contribution < 1.29 is 19.4 Å². The predicted molar refractivity (Wildman–Crippen MR) is 108 cm³/mol. The van der Waals surface area contributed by atoms with Gasteiger partial charge in [-0.3, -0.25) is 4.79 Å². The van der Waals surface area contributed by atoms with Crippen molar-refractivity contribution in [3.8, 4) is 11.5 Å². The number of carbonyl (C=O) groups excluding carboxylic acids is 1. The minimum absolute atomic E-state index is 0.0766. The minimum Gasteiger partial charge on any atom is -0.508 e. The Morgan fingerprint density at radius 1 is 1.14 bits per heavy atom. The third-order valence-corrected chi connectivity index (χ3v) is 5.33. The molecule has 1 heterocycles. The van der Waals surface area contributed by atoms with Crippen LogP contribution in [0.2, 0.25) is 0 Å². The number of hydrogen-bond donors (Lipinski definition) is 1. The fraction of sp³-hybridized carbons (Fsp3) is 0.261. The molecular formula is C23H23NO4. The van der Waals surface area contributed by atoms with Gasteiger partial charge in [0.05, 0.1) is 20.3 Å². The van der Waals surface area contributed by atoms with Crippen LogP contribution >= 0.6 is 0 Å². The van der Waals surface area contributed by atoms with Crippen LogP contribution < -0.4 is 4.74 Å². The summed E-state index contributed by atoms with van der Waals surface area (Å²) in [6, 6.07) is 17.2. The zero-order valence-corrected chi connectivity index (χ0v) is 16.0. The maximum absolute atomic E-state index is 13.0. The van der Waals surface area contributed by atoms with E-state index in [1.54, 1.807) is 37.1 Å². The lowest BCUT2D eigenvalue weighted by atomic mass is 10.0. The largest absolute Gasteiger partial charge is 0.508 e. The molecule has 0 radical (unpaired) electrons. The van der Waals surface area contributed by atoms with Gasteiger partial charge < -0.3 is 19.5 Å². The lowest BCUT2D eigenvalue weighted by molar-refractivity contribution is -0.0228. The lowest BCUT2D eigenvalue weighted by Crippen LogP contribution is -2.42. The van der Waals surface area contributed by atoms with Crippen molar-refractivity contribution in [2.24, 2.45) is 0 Å². The maximum atomic E-state index is 13.0. The van der Waals surface area contributed by atoms with Gasteiger partial charge in [-0.15, -0.1) is 0 Å². The standard InChI is InChI=1S/C23H23NO4/c1-15-20(4-3-5-21(15)25)23(26)24-10-11-28-22(14-24)18-7-6-17-13-19(27-2)9-8-16(17)12-18/h3-9,12-13,22,25H,10-11,14H2,1-2H3. The SMILES string of the molecule is COc1ccc2cc(C3CN(C(=O)c4cccc(O)c4C)CCO3)ccc2c1. The van der Waals surface area contributed by atoms with Crippen molar-refractivity contribution in [2.75, 3.05) is 26.8 Å². The number of carbonyl (C=O) groups is 1. The second-order valence-corrected chi connectivity index (χ2v) is 7.03. The first-order valence-electron chi connectivity index (χ1n) is 9.34. The number of aromatic hydroxyl groups is 1. The van der Waals surface area contributed by atoms with Crippen LogP contribution in [0.15, 0.2) is 54.6 Å². The molecule has 1 fully saturated rings. The summed E-state index contributed by atoms with van der Waals surface area (Å²) in [5, 5.41) is 12.1. The van der Waals surface area contributed by atoms with E-state index in [4.69, 9.17) is 9.47 Å². The first-order chi connectivity index (χ1) is 13.6. The van der Waals surface area contributed by atoms with Crippen LogP contribution in [0.1, 0.15) is 27.6 Å². The molecule has 1 N–H and O–H groups in total. The molecule has 1 unspecified atom stereocenters. The highest BCUT2D eigenvalue weighted by Crippen LogP contribution is 2.29. The molecule has 1 atom stereocenters. The molecule has 0 spiro atoms. The summed E-state index contributed by atoms with van der Waals surface area (Å²) in [6.45, 7) is 3.26. The first-order valence-corrected chi connectivity index (χ1v) is 9.34. The van der Waals surface area contributed by atoms with E-state index in [1.165, 1.54) is 0 Å². The van der Waals surface area contributed by atoms with Gasteiger partial charge >= 0.3 is 0 Å². The van der Waals surface area contributed by atoms with E-state index in [1.807, 2.05) is 24.3 Å². The minimum atomic E-state index is -0.179. The summed E-state index contributed by atoms with van der Waals surface area (Å²) >= 11 is 0. The Balaban J connectivity index is 1.57. The Morgan fingerprint density at radius 3 is 2.75 bits per heavy atom. The summed E-state index contributed by atoms with van der Waals surface area (Å²) in [5.41, 5.74) is 2.18. The van der Waals surface area contributed by atoms with E-state index < -0.39 is 0 Å². The number of methoxy groups -OCH3 is 1. The van der Waals surface area contributed by atoms with E-state index in [9.17, 15) is 9.90 Å². The van der Waals surface area contributed by atoms with Gasteiger partial charge in [0.15, 0.2) is 0 Å². The van der Waals surface area contributed by atoms with Crippen LogP contribution in [0.4, 0.5) is 0 Å². The summed E-state index contributed by atoms with van der Waals surface area (Å²) in [4.78, 5) is 14.8. The van der Waals surface area contributed by atoms with Gasteiger partial charge in [0.2, 0.25) is 0 Å². The number of nitrogens with zero attached hydrogens (tertiary/aromatic N) is 1. The Hall–Kier alpha value is -3.05. The van der Waals surface area contributed by atoms with Crippen LogP contribution in [0, 0.1) is 6.92 Å². The van der Waals surface area contributed by atoms with Gasteiger partial charge in [-0.2, -0.15) is 0 Å². The molecule has 5 nitrogen and oxygen atoms in total. The van der Waals surface area contributed by atoms with Crippen molar-refractivity contribution in [3.63, 3.8) is 0 Å². The molecule has 3 aromatic carbocycles. The van der Waals surface area contributed by atoms with Crippen LogP contribution in [0.3, 0.4) is 0 Å². The number of ether oxygens (including phenoxy) is 2. The van der Waals surface area contributed by atoms with Gasteiger partial charge in [0.25, 0.3) is 5.91 Å². The third kappa shape index (κ3) is 3.41. The molecule has 28 heavy (non-hydrogen) atoms. The number of phenolic OH excluding ortho intramolecular Hbond substituents is 1. The van der Waals surface area contributed by atoms with E-state index in [0.717, 1.165) is 22.1 Å². The molecule has 3 aromatic rings. The number of fused-ring (bicyclic) bond motifs is 1. The maximum Gasteiger partial charge on any atom is 0.254 e. The molecule has 1 aliphatic heterocycles. The quantitative estimate of drug-likeness (QED) is 0.747. The molecule has 144 valence electrons. The molecule has 0 saturated carbocycles. The smallest absolute Gasteiger partial charge is 0.254 e. The first kappa shape index (κ1) is 18.3. The average Bonchev–Trinajstić information content (AvgIpc) is 2.74. The fourth-order valence-electron chi connectivity index (χ4n) is 3.63. The Bertz CT molecular complexity index is 1030. The zero-order valence-electron chi connectivity index (χ0n) is 16.0. The van der Waals surface area contributed by atoms with Crippen molar-refractivity contribution in [1.29, 1.82) is 0 Å². The normalized spacial score (nSPS) is 16.9. The van der Waals surface area contributed by atoms with Crippen molar-refractivity contribution in [1.82, 2.24) is 4.90 Å². The molecular weight excluding hydrogens is 354 g/mol. The fourth-order valence-corrected chi connectivity index (χ4v) is 3.63. The van der Waals surface area contributed by atoms with E-state index >= 15 is 0 Å². The Labute approximate surface area is 164 Å². The van der Waals surface area contributed by atoms with Gasteiger partial charge in [-0.05, 0) is 53.6 Å². The average molecular weight is 377 g/mol. The predicted octanol–water partition coefficient (Wildman–Crippen LogP) is 4.08. The van der Waals surface area contributed by atoms with Gasteiger partial charge in [0.1, 0.15) is 17.6 Å². The number of morpholine rings is 1. The molecule has 4 rings (SSSR count). The van der Waals surface area contributed by atoms with E-state index in [2.05, 4.69) is 12.1 Å². The van der Waals surface area contributed by atoms with E-state index in [0.29, 0.717) is 30.8 Å². The molecule has 0 aliphatic carbocycles. The van der Waals surface area contributed by atoms with Gasteiger partial charge in [-0.1, -0.05) is 24.3 Å². The number of benzene rings is 3. The van der Waals surface area contributed by atoms with Crippen LogP contribution in [0.5, 0.6) is 11.5 Å². The Kier molecular flexibility index (Phi) is 4.92. The summed E-state index contributed by atoms with van der Waals surface area (Å²) in [5.74, 6) is 0.889. The number of phenols is 1. The van der Waals surface area contributed by atoms with Crippen molar-refractivity contribution >= 4 is 16.7 Å². The summed E-state index contributed by atoms with van der Waals surface area (Å²) in [6.07, 6.45) is -0.179. The number of hydrogen-bond acceptors (Lipinski definition) is 4. The van der Waals surface area contributed by atoms with E-state index in [-0.39, 0.29) is 17.8 Å². The van der Waals surface area contributed by atoms with Crippen molar-refractivity contribution in [2.45, 2.75) is 13.0 Å². The Morgan fingerprint density at radius 2 is 1.93 bits per heavy atom. The monoisotopic (exact) mass is 377 g/mol. The van der Waals surface area contributed by atoms with Gasteiger partial charge in [0, 0.05) is 17.7 Å². The van der Waals surface area contributed by atoms with Crippen LogP contribution in [0.25, 0.3) is 10.8 Å². The van der Waals surface area contributed by atoms with Crippen molar-refractivity contribution in [3.05, 3.63) is 71.3 Å². The molecule has 1 aliphatic rings. The van der Waals surface area contributed by atoms with Gasteiger partial charge in [-0.25, -0.2) is 0 Å². The highest BCUT2D eigenvalue weighted by Gasteiger charge is 2.27. The molecule has 1 amide bonds. The molecule has 0 aromatic heterocycles. The summed E-state index contributed by atoms with van der Waals surface area (Å²) in [7, 11) is 1.66. The summed E-state index contributed by atoms with van der Waals surface area (Å²) < 4.78 is 11.2. The van der Waals surface area contributed by atoms with Crippen LogP contribution in [-0.4, -0.2) is 42.7 Å². The molecule has 1 saturated heterocycles. The second kappa shape index (κ2) is 7.52. The zero-order chi connectivity index (χ0) is 19.7. The topological polar surface area (TPSA) is 59.0 Å². The molecule has 5 heteroatoms. The third-order valence-electron chi connectivity index (χ3n) is 5.33.